The molecule has 116 valence electrons. The van der Waals surface area contributed by atoms with Gasteiger partial charge in [-0.2, -0.15) is 5.26 Å². The Morgan fingerprint density at radius 2 is 2.27 bits per heavy atom. The van der Waals surface area contributed by atoms with Gasteiger partial charge in [0.15, 0.2) is 0 Å². The van der Waals surface area contributed by atoms with Crippen molar-refractivity contribution >= 4 is 5.91 Å². The van der Waals surface area contributed by atoms with Crippen LogP contribution in [0.2, 0.25) is 0 Å². The first-order valence-electron chi connectivity index (χ1n) is 7.45. The highest BCUT2D eigenvalue weighted by Gasteiger charge is 2.17. The van der Waals surface area contributed by atoms with Crippen LogP contribution in [0, 0.1) is 11.3 Å². The Morgan fingerprint density at radius 3 is 2.91 bits per heavy atom. The van der Waals surface area contributed by atoms with Crippen molar-refractivity contribution in [2.24, 2.45) is 0 Å². The van der Waals surface area contributed by atoms with Gasteiger partial charge in [0.05, 0.1) is 6.10 Å². The second-order valence-corrected chi connectivity index (χ2v) is 5.40. The van der Waals surface area contributed by atoms with Crippen molar-refractivity contribution in [3.8, 4) is 6.07 Å². The van der Waals surface area contributed by atoms with Crippen LogP contribution in [0.3, 0.4) is 0 Å². The largest absolute Gasteiger partial charge is 0.376 e. The third-order valence-corrected chi connectivity index (χ3v) is 3.50. The summed E-state index contributed by atoms with van der Waals surface area (Å²) in [4.78, 5) is 13.9. The van der Waals surface area contributed by atoms with Crippen molar-refractivity contribution in [2.45, 2.75) is 25.5 Å². The van der Waals surface area contributed by atoms with Crippen molar-refractivity contribution in [1.29, 1.82) is 5.26 Å². The normalized spacial score (nSPS) is 17.8. The van der Waals surface area contributed by atoms with Crippen LogP contribution in [0.15, 0.2) is 42.1 Å². The summed E-state index contributed by atoms with van der Waals surface area (Å²) in [6, 6.07) is 11.9. The highest BCUT2D eigenvalue weighted by atomic mass is 16.5. The monoisotopic (exact) mass is 299 g/mol. The van der Waals surface area contributed by atoms with Gasteiger partial charge in [0.1, 0.15) is 11.6 Å². The minimum atomic E-state index is -0.349. The molecule has 2 rings (SSSR count). The summed E-state index contributed by atoms with van der Waals surface area (Å²) >= 11 is 0. The molecule has 1 unspecified atom stereocenters. The number of nitrogens with one attached hydrogen (secondary N) is 1. The maximum atomic E-state index is 12.0. The molecule has 0 spiro atoms. The van der Waals surface area contributed by atoms with Crippen LogP contribution < -0.4 is 5.32 Å². The molecule has 1 aliphatic heterocycles. The van der Waals surface area contributed by atoms with E-state index in [1.54, 1.807) is 6.20 Å². The van der Waals surface area contributed by atoms with Crippen molar-refractivity contribution in [3.63, 3.8) is 0 Å². The van der Waals surface area contributed by atoms with Gasteiger partial charge in [0.25, 0.3) is 5.91 Å². The first kappa shape index (κ1) is 16.1. The average Bonchev–Trinajstić information content (AvgIpc) is 3.04. The van der Waals surface area contributed by atoms with Crippen LogP contribution in [0.1, 0.15) is 18.4 Å². The Hall–Kier alpha value is -2.32. The van der Waals surface area contributed by atoms with E-state index in [0.29, 0.717) is 13.1 Å². The number of benzene rings is 1. The van der Waals surface area contributed by atoms with Crippen LogP contribution in [-0.2, 0) is 16.1 Å². The van der Waals surface area contributed by atoms with E-state index in [9.17, 15) is 4.79 Å². The molecule has 5 nitrogen and oxygen atoms in total. The lowest BCUT2D eigenvalue weighted by molar-refractivity contribution is -0.117. The van der Waals surface area contributed by atoms with Gasteiger partial charge in [-0.05, 0) is 18.4 Å². The Morgan fingerprint density at radius 1 is 1.50 bits per heavy atom. The van der Waals surface area contributed by atoms with Gasteiger partial charge >= 0.3 is 0 Å². The molecule has 5 heteroatoms. The fourth-order valence-corrected chi connectivity index (χ4v) is 2.38. The second kappa shape index (κ2) is 8.20. The van der Waals surface area contributed by atoms with E-state index in [1.165, 1.54) is 0 Å². The molecule has 1 saturated heterocycles. The molecule has 0 aromatic heterocycles. The highest BCUT2D eigenvalue weighted by Crippen LogP contribution is 2.11. The average molecular weight is 299 g/mol. The molecule has 0 saturated carbocycles. The predicted molar refractivity (Wildman–Crippen MR) is 83.6 cm³/mol. The maximum Gasteiger partial charge on any atom is 0.263 e. The summed E-state index contributed by atoms with van der Waals surface area (Å²) in [7, 11) is 1.84. The Labute approximate surface area is 131 Å². The Bertz CT molecular complexity index is 557. The summed E-state index contributed by atoms with van der Waals surface area (Å²) < 4.78 is 5.45. The van der Waals surface area contributed by atoms with Crippen LogP contribution in [-0.4, -0.2) is 37.1 Å². The predicted octanol–water partition coefficient (Wildman–Crippen LogP) is 1.82. The number of hydrogen-bond donors (Lipinski definition) is 1. The molecule has 1 fully saturated rings. The third kappa shape index (κ3) is 4.90. The molecule has 1 heterocycles. The van der Waals surface area contributed by atoms with E-state index >= 15 is 0 Å². The first-order valence-corrected chi connectivity index (χ1v) is 7.45. The molecule has 0 radical (unpaired) electrons. The molecule has 1 aliphatic rings. The van der Waals surface area contributed by atoms with Crippen molar-refractivity contribution in [2.75, 3.05) is 20.2 Å². The lowest BCUT2D eigenvalue weighted by atomic mass is 10.2. The number of rotatable bonds is 6. The second-order valence-electron chi connectivity index (χ2n) is 5.40. The van der Waals surface area contributed by atoms with Crippen molar-refractivity contribution < 1.29 is 9.53 Å². The van der Waals surface area contributed by atoms with Crippen LogP contribution in [0.25, 0.3) is 0 Å². The van der Waals surface area contributed by atoms with Crippen LogP contribution in [0.5, 0.6) is 0 Å². The van der Waals surface area contributed by atoms with Gasteiger partial charge < -0.3 is 15.0 Å². The molecule has 1 aromatic carbocycles. The molecular formula is C17H21N3O2. The zero-order valence-corrected chi connectivity index (χ0v) is 12.8. The van der Waals surface area contributed by atoms with Crippen LogP contribution >= 0.6 is 0 Å². The quantitative estimate of drug-likeness (QED) is 0.643. The molecule has 1 N–H and O–H groups in total. The fraction of sp³-hybridized carbons (Fsp3) is 0.412. The minimum absolute atomic E-state index is 0.0749. The number of amides is 1. The van der Waals surface area contributed by atoms with Crippen LogP contribution in [0.4, 0.5) is 0 Å². The van der Waals surface area contributed by atoms with Gasteiger partial charge in [-0.25, -0.2) is 0 Å². The zero-order chi connectivity index (χ0) is 15.8. The molecule has 1 aromatic rings. The molecule has 0 bridgehead atoms. The summed E-state index contributed by atoms with van der Waals surface area (Å²) in [5, 5.41) is 11.9. The molecule has 1 atom stereocenters. The Balaban J connectivity index is 1.88. The highest BCUT2D eigenvalue weighted by molar-refractivity contribution is 5.97. The Kier molecular flexibility index (Phi) is 5.99. The van der Waals surface area contributed by atoms with E-state index in [0.717, 1.165) is 25.0 Å². The number of nitriles is 1. The number of nitrogens with zero attached hydrogens (tertiary/aromatic N) is 2. The topological polar surface area (TPSA) is 65.4 Å². The van der Waals surface area contributed by atoms with Gasteiger partial charge in [0.2, 0.25) is 0 Å². The first-order chi connectivity index (χ1) is 10.7. The minimum Gasteiger partial charge on any atom is -0.376 e. The van der Waals surface area contributed by atoms with E-state index in [2.05, 4.69) is 5.32 Å². The summed E-state index contributed by atoms with van der Waals surface area (Å²) in [5.74, 6) is -0.349. The van der Waals surface area contributed by atoms with E-state index in [4.69, 9.17) is 10.00 Å². The number of ether oxygens (including phenoxy) is 1. The zero-order valence-electron chi connectivity index (χ0n) is 12.8. The smallest absolute Gasteiger partial charge is 0.263 e. The maximum absolute atomic E-state index is 12.0. The van der Waals surface area contributed by atoms with Crippen molar-refractivity contribution in [3.05, 3.63) is 47.7 Å². The molecule has 0 aliphatic carbocycles. The fourth-order valence-electron chi connectivity index (χ4n) is 2.38. The third-order valence-electron chi connectivity index (χ3n) is 3.50. The van der Waals surface area contributed by atoms with Gasteiger partial charge in [-0.1, -0.05) is 30.3 Å². The SMILES string of the molecule is CN(/C=C(/C#N)C(=O)NCC1CCCO1)Cc1ccccc1. The van der Waals surface area contributed by atoms with E-state index in [1.807, 2.05) is 48.3 Å². The lowest BCUT2D eigenvalue weighted by Crippen LogP contribution is -2.33. The van der Waals surface area contributed by atoms with Gasteiger partial charge in [0, 0.05) is 32.9 Å². The molecule has 1 amide bonds. The molecule has 22 heavy (non-hydrogen) atoms. The lowest BCUT2D eigenvalue weighted by Gasteiger charge is -2.15. The molecular weight excluding hydrogens is 278 g/mol. The number of hydrogen-bond acceptors (Lipinski definition) is 4. The number of carbonyl (C=O) groups excluding carboxylic acids is 1. The summed E-state index contributed by atoms with van der Waals surface area (Å²) in [5.41, 5.74) is 1.23. The summed E-state index contributed by atoms with van der Waals surface area (Å²) in [6.45, 7) is 1.85. The van der Waals surface area contributed by atoms with E-state index < -0.39 is 0 Å². The van der Waals surface area contributed by atoms with Gasteiger partial charge in [-0.15, -0.1) is 0 Å². The standard InChI is InChI=1S/C17H21N3O2/c1-20(12-14-6-3-2-4-7-14)13-15(10-18)17(21)19-11-16-8-5-9-22-16/h2-4,6-7,13,16H,5,8-9,11-12H2,1H3,(H,19,21)/b15-13-. The summed E-state index contributed by atoms with van der Waals surface area (Å²) in [6.07, 6.45) is 3.64. The van der Waals surface area contributed by atoms with E-state index in [-0.39, 0.29) is 17.6 Å². The van der Waals surface area contributed by atoms with Gasteiger partial charge in [-0.3, -0.25) is 4.79 Å². The number of carbonyl (C=O) groups is 1. The van der Waals surface area contributed by atoms with Crippen molar-refractivity contribution in [1.82, 2.24) is 10.2 Å².